The molecule has 5 rings (SSSR count). The molecule has 220 valence electrons. The minimum atomic E-state index is -1.03. The second kappa shape index (κ2) is 11.7. The maximum atomic E-state index is 13.8. The number of hydrogen-bond acceptors (Lipinski definition) is 7. The van der Waals surface area contributed by atoms with Crippen molar-refractivity contribution >= 4 is 35.5 Å². The largest absolute Gasteiger partial charge is 0.480 e. The molecule has 5 heterocycles. The van der Waals surface area contributed by atoms with Gasteiger partial charge in [0.2, 0.25) is 29.5 Å². The van der Waals surface area contributed by atoms with Crippen LogP contribution in [-0.4, -0.2) is 135 Å². The molecule has 40 heavy (non-hydrogen) atoms. The van der Waals surface area contributed by atoms with Gasteiger partial charge in [0, 0.05) is 32.7 Å². The van der Waals surface area contributed by atoms with Gasteiger partial charge in [-0.2, -0.15) is 0 Å². The molecule has 0 aromatic heterocycles. The van der Waals surface area contributed by atoms with Gasteiger partial charge in [0.05, 0.1) is 6.54 Å². The van der Waals surface area contributed by atoms with Crippen molar-refractivity contribution in [2.45, 2.75) is 94.4 Å². The number of likely N-dealkylation sites (tertiary alicyclic amines) is 5. The SMILES string of the molecule is NCC(=O)N1CCC[C@H]1C(=O)N1CCC[C@H]1C(=O)N1CCC[C@H]1C(=O)N1CCC[C@H]1C(=O)N1CCC[C@H]1C(=O)O. The van der Waals surface area contributed by atoms with Crippen LogP contribution >= 0.6 is 0 Å². The maximum absolute atomic E-state index is 13.8. The second-order valence-corrected chi connectivity index (χ2v) is 11.5. The molecule has 0 unspecified atom stereocenters. The van der Waals surface area contributed by atoms with Gasteiger partial charge in [-0.25, -0.2) is 4.79 Å². The second-order valence-electron chi connectivity index (χ2n) is 11.5. The summed E-state index contributed by atoms with van der Waals surface area (Å²) in [4.78, 5) is 86.1. The maximum Gasteiger partial charge on any atom is 0.326 e. The lowest BCUT2D eigenvalue weighted by atomic mass is 10.1. The van der Waals surface area contributed by atoms with Crippen molar-refractivity contribution in [3.8, 4) is 0 Å². The number of nitrogens with zero attached hydrogens (tertiary/aromatic N) is 5. The summed E-state index contributed by atoms with van der Waals surface area (Å²) < 4.78 is 0. The molecule has 0 aliphatic carbocycles. The molecule has 0 aromatic carbocycles. The number of carboxylic acids is 1. The van der Waals surface area contributed by atoms with Crippen molar-refractivity contribution in [3.05, 3.63) is 0 Å². The van der Waals surface area contributed by atoms with Crippen molar-refractivity contribution in [1.82, 2.24) is 24.5 Å². The Morgan fingerprint density at radius 3 is 1.10 bits per heavy atom. The fraction of sp³-hybridized carbons (Fsp3) is 0.778. The van der Waals surface area contributed by atoms with Gasteiger partial charge in [-0.15, -0.1) is 0 Å². The molecule has 0 radical (unpaired) electrons. The molecule has 5 atom stereocenters. The lowest BCUT2D eigenvalue weighted by molar-refractivity contribution is -0.155. The molecule has 0 aromatic rings. The van der Waals surface area contributed by atoms with E-state index < -0.39 is 36.2 Å². The molecule has 0 saturated carbocycles. The topological polar surface area (TPSA) is 165 Å². The number of nitrogens with two attached hydrogens (primary N) is 1. The molecular weight excluding hydrogens is 520 g/mol. The van der Waals surface area contributed by atoms with Crippen molar-refractivity contribution in [3.63, 3.8) is 0 Å². The van der Waals surface area contributed by atoms with Crippen LogP contribution in [0, 0.1) is 0 Å². The van der Waals surface area contributed by atoms with Crippen LogP contribution in [0.2, 0.25) is 0 Å². The summed E-state index contributed by atoms with van der Waals surface area (Å²) in [6, 6.07) is -3.60. The first-order valence-electron chi connectivity index (χ1n) is 14.7. The first-order valence-corrected chi connectivity index (χ1v) is 14.7. The summed E-state index contributed by atoms with van der Waals surface area (Å²) in [7, 11) is 0. The zero-order valence-corrected chi connectivity index (χ0v) is 22.9. The zero-order chi connectivity index (χ0) is 28.6. The number of carbonyl (C=O) groups is 6. The van der Waals surface area contributed by atoms with Crippen LogP contribution in [0.1, 0.15) is 64.2 Å². The van der Waals surface area contributed by atoms with Gasteiger partial charge >= 0.3 is 5.97 Å². The first-order chi connectivity index (χ1) is 19.2. The fourth-order valence-electron chi connectivity index (χ4n) is 7.35. The van der Waals surface area contributed by atoms with E-state index in [4.69, 9.17) is 5.73 Å². The van der Waals surface area contributed by atoms with Crippen LogP contribution in [0.4, 0.5) is 0 Å². The van der Waals surface area contributed by atoms with E-state index in [0.29, 0.717) is 96.9 Å². The predicted octanol–water partition coefficient (Wildman–Crippen LogP) is -1.02. The van der Waals surface area contributed by atoms with Crippen molar-refractivity contribution < 1.29 is 33.9 Å². The highest BCUT2D eigenvalue weighted by atomic mass is 16.4. The third-order valence-electron chi connectivity index (χ3n) is 9.32. The average molecular weight is 561 g/mol. The third-order valence-corrected chi connectivity index (χ3v) is 9.32. The Balaban J connectivity index is 1.28. The first kappa shape index (κ1) is 28.3. The molecule has 5 amide bonds. The Labute approximate surface area is 233 Å². The van der Waals surface area contributed by atoms with Crippen LogP contribution in [0.5, 0.6) is 0 Å². The van der Waals surface area contributed by atoms with Crippen molar-refractivity contribution in [2.24, 2.45) is 5.73 Å². The van der Waals surface area contributed by atoms with Crippen LogP contribution in [0.3, 0.4) is 0 Å². The van der Waals surface area contributed by atoms with E-state index in [0.717, 1.165) is 0 Å². The van der Waals surface area contributed by atoms with Gasteiger partial charge in [0.1, 0.15) is 30.2 Å². The fourth-order valence-corrected chi connectivity index (χ4v) is 7.35. The van der Waals surface area contributed by atoms with E-state index in [1.807, 2.05) is 0 Å². The van der Waals surface area contributed by atoms with E-state index in [-0.39, 0.29) is 36.1 Å². The van der Waals surface area contributed by atoms with E-state index in [1.54, 1.807) is 14.7 Å². The van der Waals surface area contributed by atoms with E-state index in [1.165, 1.54) is 9.80 Å². The number of hydrogen-bond donors (Lipinski definition) is 2. The molecule has 5 aliphatic rings. The molecule has 13 heteroatoms. The Morgan fingerprint density at radius 1 is 0.500 bits per heavy atom. The molecule has 3 N–H and O–H groups in total. The molecule has 5 aliphatic heterocycles. The normalized spacial score (nSPS) is 30.4. The van der Waals surface area contributed by atoms with Gasteiger partial charge < -0.3 is 35.3 Å². The van der Waals surface area contributed by atoms with E-state index in [2.05, 4.69) is 0 Å². The van der Waals surface area contributed by atoms with E-state index in [9.17, 15) is 33.9 Å². The molecule has 0 bridgehead atoms. The van der Waals surface area contributed by atoms with Crippen LogP contribution in [0.25, 0.3) is 0 Å². The summed E-state index contributed by atoms with van der Waals surface area (Å²) in [6.07, 6.45) is 5.65. The number of rotatable bonds is 6. The van der Waals surface area contributed by atoms with Crippen molar-refractivity contribution in [1.29, 1.82) is 0 Å². The van der Waals surface area contributed by atoms with E-state index >= 15 is 0 Å². The van der Waals surface area contributed by atoms with Gasteiger partial charge in [-0.3, -0.25) is 24.0 Å². The van der Waals surface area contributed by atoms with Crippen LogP contribution in [0.15, 0.2) is 0 Å². The van der Waals surface area contributed by atoms with Crippen LogP contribution in [-0.2, 0) is 28.8 Å². The number of amides is 5. The minimum absolute atomic E-state index is 0.168. The Hall–Kier alpha value is -3.22. The Morgan fingerprint density at radius 2 is 0.775 bits per heavy atom. The van der Waals surface area contributed by atoms with Crippen LogP contribution < -0.4 is 5.73 Å². The molecule has 13 nitrogen and oxygen atoms in total. The molecule has 0 spiro atoms. The minimum Gasteiger partial charge on any atom is -0.480 e. The quantitative estimate of drug-likeness (QED) is 0.417. The number of carboxylic acid groups (broad SMARTS) is 1. The summed E-state index contributed by atoms with van der Waals surface area (Å²) in [5.74, 6) is -2.41. The standard InChI is InChI=1S/C27H40N6O7/c28-16-22(34)29-11-1-6-17(29)23(35)30-12-2-7-18(30)24(36)31-13-3-8-19(31)25(37)32-14-4-9-20(32)26(38)33-15-5-10-21(33)27(39)40/h17-21H,1-16,28H2,(H,39,40)/t17-,18-,19-,20-,21-/m0/s1. The van der Waals surface area contributed by atoms with Gasteiger partial charge in [0.15, 0.2) is 0 Å². The molecule has 5 fully saturated rings. The number of aliphatic carboxylic acids is 1. The lowest BCUT2D eigenvalue weighted by Gasteiger charge is -2.36. The lowest BCUT2D eigenvalue weighted by Crippen LogP contribution is -2.58. The smallest absolute Gasteiger partial charge is 0.326 e. The highest BCUT2D eigenvalue weighted by molar-refractivity contribution is 5.97. The highest BCUT2D eigenvalue weighted by Crippen LogP contribution is 2.31. The predicted molar refractivity (Wildman–Crippen MR) is 140 cm³/mol. The Kier molecular flexibility index (Phi) is 8.29. The van der Waals surface area contributed by atoms with Gasteiger partial charge in [0.25, 0.3) is 0 Å². The number of carbonyl (C=O) groups excluding carboxylic acids is 5. The van der Waals surface area contributed by atoms with Crippen molar-refractivity contribution in [2.75, 3.05) is 39.3 Å². The molecular formula is C27H40N6O7. The summed E-state index contributed by atoms with van der Waals surface area (Å²) in [5.41, 5.74) is 5.54. The summed E-state index contributed by atoms with van der Waals surface area (Å²) in [5, 5.41) is 9.54. The molecule has 5 saturated heterocycles. The summed E-state index contributed by atoms with van der Waals surface area (Å²) in [6.45, 7) is 1.88. The highest BCUT2D eigenvalue weighted by Gasteiger charge is 2.48. The third kappa shape index (κ3) is 5.04. The Bertz CT molecular complexity index is 1070. The zero-order valence-electron chi connectivity index (χ0n) is 22.9. The summed E-state index contributed by atoms with van der Waals surface area (Å²) >= 11 is 0. The van der Waals surface area contributed by atoms with Gasteiger partial charge in [-0.05, 0) is 64.2 Å². The monoisotopic (exact) mass is 560 g/mol. The average Bonchev–Trinajstić information content (AvgIpc) is 3.79. The van der Waals surface area contributed by atoms with Gasteiger partial charge in [-0.1, -0.05) is 0 Å².